The highest BCUT2D eigenvalue weighted by atomic mass is 19.4. The van der Waals surface area contributed by atoms with Crippen molar-refractivity contribution in [1.29, 1.82) is 0 Å². The minimum Gasteiger partial charge on any atom is -0.480 e. The highest BCUT2D eigenvalue weighted by Crippen LogP contribution is 2.11. The fraction of sp³-hybridized carbons (Fsp3) is 0.778. The van der Waals surface area contributed by atoms with Crippen LogP contribution in [-0.2, 0) is 9.59 Å². The topological polar surface area (TPSA) is 78.4 Å². The molecule has 0 rings (SSSR count). The van der Waals surface area contributed by atoms with E-state index in [1.165, 1.54) is 0 Å². The number of rotatable bonds is 6. The first kappa shape index (κ1) is 15.7. The van der Waals surface area contributed by atoms with Gasteiger partial charge >= 0.3 is 12.1 Å². The molecule has 100 valence electrons. The van der Waals surface area contributed by atoms with Crippen LogP contribution in [0.2, 0.25) is 0 Å². The van der Waals surface area contributed by atoms with Crippen LogP contribution in [0.3, 0.4) is 0 Å². The summed E-state index contributed by atoms with van der Waals surface area (Å²) < 4.78 is 35.2. The lowest BCUT2D eigenvalue weighted by molar-refractivity contribution is -0.143. The lowest BCUT2D eigenvalue weighted by Crippen LogP contribution is -2.48. The van der Waals surface area contributed by atoms with Crippen LogP contribution < -0.4 is 10.6 Å². The Bertz CT molecular complexity index is 279. The van der Waals surface area contributed by atoms with Gasteiger partial charge in [-0.15, -0.1) is 0 Å². The van der Waals surface area contributed by atoms with Gasteiger partial charge in [-0.1, -0.05) is 13.8 Å². The molecule has 8 heteroatoms. The van der Waals surface area contributed by atoms with Gasteiger partial charge in [-0.3, -0.25) is 4.79 Å². The molecule has 17 heavy (non-hydrogen) atoms. The largest absolute Gasteiger partial charge is 0.480 e. The Hall–Kier alpha value is -1.31. The maximum atomic E-state index is 11.7. The number of hydrogen-bond acceptors (Lipinski definition) is 3. The lowest BCUT2D eigenvalue weighted by atomic mass is 10.1. The fourth-order valence-electron chi connectivity index (χ4n) is 1.06. The fourth-order valence-corrected chi connectivity index (χ4v) is 1.06. The molecule has 1 atom stereocenters. The van der Waals surface area contributed by atoms with Crippen molar-refractivity contribution in [3.8, 4) is 0 Å². The summed E-state index contributed by atoms with van der Waals surface area (Å²) >= 11 is 0. The second kappa shape index (κ2) is 6.43. The molecule has 3 N–H and O–H groups in total. The summed E-state index contributed by atoms with van der Waals surface area (Å²) in [4.78, 5) is 21.8. The normalized spacial score (nSPS) is 13.5. The molecule has 0 aromatic heterocycles. The van der Waals surface area contributed by atoms with Crippen LogP contribution >= 0.6 is 0 Å². The zero-order chi connectivity index (χ0) is 13.6. The van der Waals surface area contributed by atoms with Gasteiger partial charge < -0.3 is 15.7 Å². The second-order valence-electron chi connectivity index (χ2n) is 3.85. The third-order valence-electron chi connectivity index (χ3n) is 1.86. The number of nitrogens with one attached hydrogen (secondary N) is 2. The van der Waals surface area contributed by atoms with Crippen LogP contribution in [0, 0.1) is 5.92 Å². The summed E-state index contributed by atoms with van der Waals surface area (Å²) in [5, 5.41) is 12.7. The Morgan fingerprint density at radius 3 is 2.18 bits per heavy atom. The van der Waals surface area contributed by atoms with Crippen molar-refractivity contribution in [2.75, 3.05) is 13.1 Å². The minimum absolute atomic E-state index is 0.348. The van der Waals surface area contributed by atoms with Gasteiger partial charge in [-0.25, -0.2) is 4.79 Å². The molecule has 5 nitrogen and oxygen atoms in total. The molecule has 0 saturated carbocycles. The van der Waals surface area contributed by atoms with Crippen LogP contribution in [0.5, 0.6) is 0 Å². The Morgan fingerprint density at radius 2 is 1.82 bits per heavy atom. The number of hydrogen-bond donors (Lipinski definition) is 3. The molecular formula is C9H15F3N2O3. The monoisotopic (exact) mass is 256 g/mol. The Balaban J connectivity index is 4.04. The maximum Gasteiger partial charge on any atom is 0.401 e. The van der Waals surface area contributed by atoms with E-state index in [0.717, 1.165) is 0 Å². The lowest BCUT2D eigenvalue weighted by Gasteiger charge is -2.18. The Labute approximate surface area is 96.4 Å². The average molecular weight is 256 g/mol. The molecule has 0 spiro atoms. The number of aliphatic carboxylic acids is 1. The number of carbonyl (C=O) groups excluding carboxylic acids is 1. The molecule has 0 saturated heterocycles. The first-order valence-corrected chi connectivity index (χ1v) is 4.93. The van der Waals surface area contributed by atoms with Gasteiger partial charge in [0.1, 0.15) is 6.04 Å². The molecule has 0 radical (unpaired) electrons. The third kappa shape index (κ3) is 7.56. The van der Waals surface area contributed by atoms with Crippen molar-refractivity contribution < 1.29 is 27.9 Å². The van der Waals surface area contributed by atoms with Gasteiger partial charge in [0, 0.05) is 0 Å². The third-order valence-corrected chi connectivity index (χ3v) is 1.86. The van der Waals surface area contributed by atoms with E-state index in [1.54, 1.807) is 13.8 Å². The minimum atomic E-state index is -4.40. The number of carboxylic acid groups (broad SMARTS) is 1. The van der Waals surface area contributed by atoms with Crippen LogP contribution in [0.15, 0.2) is 0 Å². The van der Waals surface area contributed by atoms with Crippen molar-refractivity contribution >= 4 is 11.9 Å². The van der Waals surface area contributed by atoms with Crippen molar-refractivity contribution in [3.05, 3.63) is 0 Å². The van der Waals surface area contributed by atoms with Gasteiger partial charge in [-0.05, 0) is 5.92 Å². The average Bonchev–Trinajstić information content (AvgIpc) is 2.10. The van der Waals surface area contributed by atoms with E-state index in [9.17, 15) is 22.8 Å². The number of carbonyl (C=O) groups is 2. The first-order chi connectivity index (χ1) is 7.63. The molecule has 0 heterocycles. The van der Waals surface area contributed by atoms with E-state index in [4.69, 9.17) is 5.11 Å². The molecule has 1 amide bonds. The molecule has 0 bridgehead atoms. The van der Waals surface area contributed by atoms with E-state index < -0.39 is 37.2 Å². The van der Waals surface area contributed by atoms with E-state index in [-0.39, 0.29) is 5.92 Å². The van der Waals surface area contributed by atoms with E-state index in [1.807, 2.05) is 5.32 Å². The number of alkyl halides is 3. The van der Waals surface area contributed by atoms with Gasteiger partial charge in [0.15, 0.2) is 0 Å². The van der Waals surface area contributed by atoms with E-state index in [2.05, 4.69) is 5.32 Å². The Morgan fingerprint density at radius 1 is 1.29 bits per heavy atom. The van der Waals surface area contributed by atoms with E-state index >= 15 is 0 Å². The van der Waals surface area contributed by atoms with Crippen LogP contribution in [-0.4, -0.2) is 42.3 Å². The highest BCUT2D eigenvalue weighted by molar-refractivity contribution is 5.84. The quantitative estimate of drug-likeness (QED) is 0.641. The van der Waals surface area contributed by atoms with Gasteiger partial charge in [0.05, 0.1) is 13.1 Å². The predicted octanol–water partition coefficient (Wildman–Crippen LogP) is 0.364. The van der Waals surface area contributed by atoms with Gasteiger partial charge in [0.25, 0.3) is 0 Å². The Kier molecular flexibility index (Phi) is 5.94. The number of amides is 1. The smallest absolute Gasteiger partial charge is 0.401 e. The van der Waals surface area contributed by atoms with Crippen molar-refractivity contribution in [1.82, 2.24) is 10.6 Å². The standard InChI is InChI=1S/C9H15F3N2O3/c1-5(2)7(8(16)17)14-6(15)3-13-4-9(10,11)12/h5,7,13H,3-4H2,1-2H3,(H,14,15)(H,16,17)/t7-/m0/s1. The van der Waals surface area contributed by atoms with Gasteiger partial charge in [-0.2, -0.15) is 13.2 Å². The summed E-state index contributed by atoms with van der Waals surface area (Å²) in [6, 6.07) is -1.10. The first-order valence-electron chi connectivity index (χ1n) is 4.93. The molecule has 0 aromatic rings. The summed E-state index contributed by atoms with van der Waals surface area (Å²) in [6.45, 7) is 1.31. The van der Waals surface area contributed by atoms with Crippen molar-refractivity contribution in [2.24, 2.45) is 5.92 Å². The van der Waals surface area contributed by atoms with E-state index in [0.29, 0.717) is 0 Å². The molecule has 0 unspecified atom stereocenters. The van der Waals surface area contributed by atoms with Crippen LogP contribution in [0.4, 0.5) is 13.2 Å². The molecule has 0 aliphatic heterocycles. The zero-order valence-electron chi connectivity index (χ0n) is 9.47. The highest BCUT2D eigenvalue weighted by Gasteiger charge is 2.27. The zero-order valence-corrected chi connectivity index (χ0v) is 9.47. The molecular weight excluding hydrogens is 241 g/mol. The molecule has 0 aromatic carbocycles. The number of carboxylic acids is 1. The predicted molar refractivity (Wildman–Crippen MR) is 53.3 cm³/mol. The molecule has 0 fully saturated rings. The van der Waals surface area contributed by atoms with Crippen molar-refractivity contribution in [3.63, 3.8) is 0 Å². The second-order valence-corrected chi connectivity index (χ2v) is 3.85. The number of halogens is 3. The van der Waals surface area contributed by atoms with Crippen LogP contribution in [0.1, 0.15) is 13.8 Å². The molecule has 0 aliphatic carbocycles. The summed E-state index contributed by atoms with van der Waals surface area (Å²) in [7, 11) is 0. The van der Waals surface area contributed by atoms with Gasteiger partial charge in [0.2, 0.25) is 5.91 Å². The maximum absolute atomic E-state index is 11.7. The summed E-state index contributed by atoms with van der Waals surface area (Å²) in [5.41, 5.74) is 0. The van der Waals surface area contributed by atoms with Crippen LogP contribution in [0.25, 0.3) is 0 Å². The SMILES string of the molecule is CC(C)[C@H](NC(=O)CNCC(F)(F)F)C(=O)O. The van der Waals surface area contributed by atoms with Crippen molar-refractivity contribution in [2.45, 2.75) is 26.1 Å². The summed E-state index contributed by atoms with van der Waals surface area (Å²) in [5.74, 6) is -2.35. The molecule has 0 aliphatic rings. The summed E-state index contributed by atoms with van der Waals surface area (Å²) in [6.07, 6.45) is -4.40.